The van der Waals surface area contributed by atoms with E-state index in [0.717, 1.165) is 0 Å². The molecular weight excluding hydrogens is 406 g/mol. The fourth-order valence-electron chi connectivity index (χ4n) is 3.82. The summed E-state index contributed by atoms with van der Waals surface area (Å²) in [4.78, 5) is 28.9. The minimum absolute atomic E-state index is 0.0307. The first-order valence-electron chi connectivity index (χ1n) is 9.61. The van der Waals surface area contributed by atoms with Gasteiger partial charge in [-0.1, -0.05) is 6.07 Å². The number of ether oxygens (including phenoxy) is 5. The number of benzene rings is 2. The van der Waals surface area contributed by atoms with E-state index < -0.39 is 18.4 Å². The second kappa shape index (κ2) is 7.35. The zero-order valence-corrected chi connectivity index (χ0v) is 16.5. The van der Waals surface area contributed by atoms with Crippen molar-refractivity contribution in [2.24, 2.45) is 0 Å². The van der Waals surface area contributed by atoms with E-state index in [1.165, 1.54) is 0 Å². The fourth-order valence-corrected chi connectivity index (χ4v) is 3.82. The summed E-state index contributed by atoms with van der Waals surface area (Å²) in [5, 5.41) is 10.2. The normalized spacial score (nSPS) is 13.5. The molecule has 0 saturated heterocycles. The highest BCUT2D eigenvalue weighted by Gasteiger charge is 2.29. The van der Waals surface area contributed by atoms with Crippen LogP contribution in [0.4, 0.5) is 0 Å². The molecule has 0 fully saturated rings. The van der Waals surface area contributed by atoms with E-state index in [1.807, 2.05) is 0 Å². The lowest BCUT2D eigenvalue weighted by Gasteiger charge is -2.17. The number of nitrogens with zero attached hydrogens (tertiary/aromatic N) is 1. The molecule has 3 heterocycles. The predicted molar refractivity (Wildman–Crippen MR) is 107 cm³/mol. The number of rotatable bonds is 5. The van der Waals surface area contributed by atoms with Gasteiger partial charge in [-0.3, -0.25) is 4.79 Å². The molecule has 0 aliphatic carbocycles. The number of aromatic nitrogens is 1. The number of aliphatic carboxylic acids is 1. The van der Waals surface area contributed by atoms with Gasteiger partial charge in [-0.2, -0.15) is 0 Å². The minimum atomic E-state index is -1.11. The molecule has 31 heavy (non-hydrogen) atoms. The Morgan fingerprint density at radius 2 is 1.77 bits per heavy atom. The van der Waals surface area contributed by atoms with Crippen molar-refractivity contribution in [2.75, 3.05) is 20.2 Å². The lowest BCUT2D eigenvalue weighted by atomic mass is 9.91. The van der Waals surface area contributed by atoms with Crippen molar-refractivity contribution >= 4 is 22.8 Å². The third-order valence-electron chi connectivity index (χ3n) is 5.05. The molecule has 0 unspecified atom stereocenters. The van der Waals surface area contributed by atoms with Gasteiger partial charge in [0.15, 0.2) is 28.7 Å². The molecule has 9 heteroatoms. The van der Waals surface area contributed by atoms with Gasteiger partial charge < -0.3 is 28.8 Å². The van der Waals surface area contributed by atoms with E-state index in [2.05, 4.69) is 4.98 Å². The van der Waals surface area contributed by atoms with Crippen LogP contribution in [0.5, 0.6) is 23.0 Å². The number of carboxylic acid groups (broad SMARTS) is 1. The first kappa shape index (κ1) is 19.0. The second-order valence-corrected chi connectivity index (χ2v) is 6.87. The maximum atomic E-state index is 12.7. The van der Waals surface area contributed by atoms with Crippen molar-refractivity contribution in [3.8, 4) is 34.1 Å². The predicted octanol–water partition coefficient (Wildman–Crippen LogP) is 3.16. The SMILES string of the molecule is CCOC(=O)c1nc2ccc3c(c2c(-c2ccc4c(c2)OCO4)c1CC(=O)O)OCO3. The van der Waals surface area contributed by atoms with Crippen molar-refractivity contribution in [3.63, 3.8) is 0 Å². The van der Waals surface area contributed by atoms with Crippen molar-refractivity contribution in [1.29, 1.82) is 0 Å². The largest absolute Gasteiger partial charge is 0.481 e. The average Bonchev–Trinajstić information content (AvgIpc) is 3.41. The van der Waals surface area contributed by atoms with Gasteiger partial charge in [0.25, 0.3) is 0 Å². The van der Waals surface area contributed by atoms with Crippen LogP contribution >= 0.6 is 0 Å². The molecule has 3 aromatic rings. The van der Waals surface area contributed by atoms with E-state index in [1.54, 1.807) is 37.3 Å². The van der Waals surface area contributed by atoms with Gasteiger partial charge in [-0.25, -0.2) is 9.78 Å². The summed E-state index contributed by atoms with van der Waals surface area (Å²) in [6.45, 7) is 1.93. The zero-order valence-electron chi connectivity index (χ0n) is 16.5. The highest BCUT2D eigenvalue weighted by molar-refractivity contribution is 6.07. The van der Waals surface area contributed by atoms with Gasteiger partial charge >= 0.3 is 11.9 Å². The number of esters is 1. The second-order valence-electron chi connectivity index (χ2n) is 6.87. The first-order chi connectivity index (χ1) is 15.1. The zero-order chi connectivity index (χ0) is 21.5. The standard InChI is InChI=1S/C22H17NO8/c1-2-27-22(26)20-12(8-17(24)25)18(11-3-5-14-16(7-11)30-9-28-14)19-13(23-20)4-6-15-21(19)31-10-29-15/h3-7H,2,8-10H2,1H3,(H,24,25). The molecule has 1 aromatic heterocycles. The Hall–Kier alpha value is -4.01. The molecule has 2 aromatic carbocycles. The third kappa shape index (κ3) is 3.14. The Labute approximate surface area is 176 Å². The van der Waals surface area contributed by atoms with Crippen molar-refractivity contribution in [1.82, 2.24) is 4.98 Å². The highest BCUT2D eigenvalue weighted by Crippen LogP contribution is 2.47. The third-order valence-corrected chi connectivity index (χ3v) is 5.05. The number of carbonyl (C=O) groups excluding carboxylic acids is 1. The van der Waals surface area contributed by atoms with Crippen LogP contribution in [-0.2, 0) is 16.0 Å². The van der Waals surface area contributed by atoms with Crippen LogP contribution in [0.15, 0.2) is 30.3 Å². The van der Waals surface area contributed by atoms with E-state index in [0.29, 0.717) is 45.0 Å². The molecule has 0 saturated carbocycles. The Morgan fingerprint density at radius 1 is 1.03 bits per heavy atom. The molecule has 0 atom stereocenters. The molecule has 158 valence electrons. The molecule has 2 aliphatic heterocycles. The van der Waals surface area contributed by atoms with Crippen LogP contribution in [-0.4, -0.2) is 42.2 Å². The Balaban J connectivity index is 1.87. The van der Waals surface area contributed by atoms with E-state index in [9.17, 15) is 14.7 Å². The number of carboxylic acids is 1. The summed E-state index contributed by atoms with van der Waals surface area (Å²) in [7, 11) is 0. The Kier molecular flexibility index (Phi) is 4.50. The van der Waals surface area contributed by atoms with Crippen LogP contribution in [0.1, 0.15) is 23.0 Å². The molecule has 9 nitrogen and oxygen atoms in total. The van der Waals surface area contributed by atoms with Crippen LogP contribution < -0.4 is 18.9 Å². The first-order valence-corrected chi connectivity index (χ1v) is 9.61. The minimum Gasteiger partial charge on any atom is -0.481 e. The molecule has 2 aliphatic rings. The maximum Gasteiger partial charge on any atom is 0.357 e. The molecule has 0 bridgehead atoms. The van der Waals surface area contributed by atoms with Gasteiger partial charge in [0.2, 0.25) is 13.6 Å². The molecule has 0 radical (unpaired) electrons. The van der Waals surface area contributed by atoms with Gasteiger partial charge in [0.1, 0.15) is 0 Å². The number of carbonyl (C=O) groups is 2. The van der Waals surface area contributed by atoms with Crippen molar-refractivity contribution in [3.05, 3.63) is 41.6 Å². The summed E-state index contributed by atoms with van der Waals surface area (Å²) in [5.41, 5.74) is 1.75. The maximum absolute atomic E-state index is 12.7. The average molecular weight is 423 g/mol. The summed E-state index contributed by atoms with van der Waals surface area (Å²) in [6.07, 6.45) is -0.439. The summed E-state index contributed by atoms with van der Waals surface area (Å²) < 4.78 is 27.3. The monoisotopic (exact) mass is 423 g/mol. The highest BCUT2D eigenvalue weighted by atomic mass is 16.7. The number of fused-ring (bicyclic) bond motifs is 4. The van der Waals surface area contributed by atoms with E-state index in [-0.39, 0.29) is 31.5 Å². The number of hydrogen-bond donors (Lipinski definition) is 1. The Morgan fingerprint density at radius 3 is 2.58 bits per heavy atom. The summed E-state index contributed by atoms with van der Waals surface area (Å²) in [6, 6.07) is 8.66. The molecule has 1 N–H and O–H groups in total. The van der Waals surface area contributed by atoms with Crippen molar-refractivity contribution < 1.29 is 38.4 Å². The fraction of sp³-hybridized carbons (Fsp3) is 0.227. The summed E-state index contributed by atoms with van der Waals surface area (Å²) in [5.74, 6) is 0.253. The van der Waals surface area contributed by atoms with E-state index >= 15 is 0 Å². The van der Waals surface area contributed by atoms with Gasteiger partial charge in [0.05, 0.1) is 23.9 Å². The molecular formula is C22H17NO8. The number of pyridine rings is 1. The van der Waals surface area contributed by atoms with Crippen molar-refractivity contribution in [2.45, 2.75) is 13.3 Å². The van der Waals surface area contributed by atoms with Crippen LogP contribution in [0, 0.1) is 0 Å². The lowest BCUT2D eigenvalue weighted by molar-refractivity contribution is -0.136. The van der Waals surface area contributed by atoms with Gasteiger partial charge in [-0.15, -0.1) is 0 Å². The number of hydrogen-bond acceptors (Lipinski definition) is 8. The van der Waals surface area contributed by atoms with Gasteiger partial charge in [0, 0.05) is 11.1 Å². The molecule has 5 rings (SSSR count). The molecule has 0 amide bonds. The van der Waals surface area contributed by atoms with Gasteiger partial charge in [-0.05, 0) is 36.8 Å². The smallest absolute Gasteiger partial charge is 0.357 e. The lowest BCUT2D eigenvalue weighted by Crippen LogP contribution is -2.15. The van der Waals surface area contributed by atoms with Crippen LogP contribution in [0.25, 0.3) is 22.0 Å². The topological polar surface area (TPSA) is 113 Å². The Bertz CT molecular complexity index is 1240. The quantitative estimate of drug-likeness (QED) is 0.618. The van der Waals surface area contributed by atoms with Crippen LogP contribution in [0.3, 0.4) is 0 Å². The summed E-state index contributed by atoms with van der Waals surface area (Å²) >= 11 is 0. The molecule has 0 spiro atoms. The van der Waals surface area contributed by atoms with Crippen LogP contribution in [0.2, 0.25) is 0 Å². The van der Waals surface area contributed by atoms with E-state index in [4.69, 9.17) is 23.7 Å².